The molecule has 3 heterocycles. The van der Waals surface area contributed by atoms with Gasteiger partial charge in [0.2, 0.25) is 0 Å². The molecule has 2 aromatic carbocycles. The van der Waals surface area contributed by atoms with Crippen molar-refractivity contribution in [3.63, 3.8) is 0 Å². The molecule has 4 aromatic rings. The predicted octanol–water partition coefficient (Wildman–Crippen LogP) is 6.02. The van der Waals surface area contributed by atoms with Crippen LogP contribution in [0.5, 0.6) is 11.5 Å². The van der Waals surface area contributed by atoms with E-state index in [9.17, 15) is 0 Å². The molecule has 2 aromatic heterocycles. The van der Waals surface area contributed by atoms with Gasteiger partial charge in [0, 0.05) is 46.1 Å². The summed E-state index contributed by atoms with van der Waals surface area (Å²) < 4.78 is 11.0. The number of H-pyrrole nitrogens is 1. The van der Waals surface area contributed by atoms with Gasteiger partial charge in [-0.1, -0.05) is 31.2 Å². The van der Waals surface area contributed by atoms with E-state index in [0.29, 0.717) is 11.8 Å². The number of rotatable bonds is 6. The van der Waals surface area contributed by atoms with Gasteiger partial charge in [-0.3, -0.25) is 4.98 Å². The number of aromatic nitrogens is 2. The van der Waals surface area contributed by atoms with Gasteiger partial charge in [0.05, 0.1) is 19.7 Å². The number of nitrogens with zero attached hydrogens (tertiary/aromatic N) is 1. The van der Waals surface area contributed by atoms with E-state index in [1.54, 1.807) is 14.2 Å². The summed E-state index contributed by atoms with van der Waals surface area (Å²) in [6.07, 6.45) is 6.37. The van der Waals surface area contributed by atoms with Gasteiger partial charge in [0.15, 0.2) is 0 Å². The van der Waals surface area contributed by atoms with E-state index in [1.165, 1.54) is 29.5 Å². The molecule has 2 N–H and O–H groups in total. The third-order valence-electron chi connectivity index (χ3n) is 6.99. The van der Waals surface area contributed by atoms with E-state index in [-0.39, 0.29) is 0 Å². The number of hydrogen-bond acceptors (Lipinski definition) is 4. The fraction of sp³-hybridized carbons (Fsp3) is 0.321. The zero-order valence-electron chi connectivity index (χ0n) is 19.5. The average molecular weight is 442 g/mol. The van der Waals surface area contributed by atoms with Gasteiger partial charge < -0.3 is 19.8 Å². The minimum Gasteiger partial charge on any atom is -0.497 e. The lowest BCUT2D eigenvalue weighted by Crippen LogP contribution is -2.32. The molecule has 1 fully saturated rings. The second-order valence-corrected chi connectivity index (χ2v) is 8.88. The van der Waals surface area contributed by atoms with Crippen LogP contribution >= 0.6 is 0 Å². The number of nitrogens with one attached hydrogen (secondary N) is 2. The van der Waals surface area contributed by atoms with E-state index in [1.807, 2.05) is 30.6 Å². The van der Waals surface area contributed by atoms with Crippen LogP contribution in [0, 0.1) is 5.92 Å². The maximum absolute atomic E-state index is 5.70. The normalized spacial score (nSPS) is 17.1. The van der Waals surface area contributed by atoms with Crippen molar-refractivity contribution in [2.45, 2.75) is 25.7 Å². The van der Waals surface area contributed by atoms with Crippen molar-refractivity contribution in [3.05, 3.63) is 66.6 Å². The molecular weight excluding hydrogens is 410 g/mol. The molecule has 33 heavy (non-hydrogen) atoms. The molecular formula is C28H31N3O2. The van der Waals surface area contributed by atoms with Gasteiger partial charge in [0.1, 0.15) is 11.5 Å². The molecule has 2 atom stereocenters. The minimum atomic E-state index is 0.384. The summed E-state index contributed by atoms with van der Waals surface area (Å²) in [4.78, 5) is 8.39. The van der Waals surface area contributed by atoms with Crippen molar-refractivity contribution >= 4 is 10.9 Å². The topological polar surface area (TPSA) is 59.2 Å². The van der Waals surface area contributed by atoms with E-state index < -0.39 is 0 Å². The molecule has 2 unspecified atom stereocenters. The van der Waals surface area contributed by atoms with Crippen LogP contribution in [0.3, 0.4) is 0 Å². The minimum absolute atomic E-state index is 0.384. The van der Waals surface area contributed by atoms with Gasteiger partial charge in [-0.2, -0.15) is 0 Å². The molecule has 1 aliphatic rings. The summed E-state index contributed by atoms with van der Waals surface area (Å²) in [6, 6.07) is 16.6. The van der Waals surface area contributed by atoms with E-state index >= 15 is 0 Å². The Morgan fingerprint density at radius 3 is 2.52 bits per heavy atom. The molecule has 170 valence electrons. The predicted molar refractivity (Wildman–Crippen MR) is 134 cm³/mol. The van der Waals surface area contributed by atoms with Crippen molar-refractivity contribution in [2.75, 3.05) is 27.3 Å². The van der Waals surface area contributed by atoms with Crippen molar-refractivity contribution in [1.82, 2.24) is 15.3 Å². The smallest absolute Gasteiger partial charge is 0.142 e. The Morgan fingerprint density at radius 1 is 0.970 bits per heavy atom. The number of fused-ring (bicyclic) bond motifs is 1. The fourth-order valence-corrected chi connectivity index (χ4v) is 5.09. The number of piperidine rings is 1. The molecule has 0 bridgehead atoms. The number of benzene rings is 2. The summed E-state index contributed by atoms with van der Waals surface area (Å²) >= 11 is 0. The van der Waals surface area contributed by atoms with Crippen molar-refractivity contribution in [2.24, 2.45) is 5.92 Å². The number of pyridine rings is 1. The maximum Gasteiger partial charge on any atom is 0.142 e. The molecule has 1 aliphatic heterocycles. The first kappa shape index (κ1) is 21.5. The van der Waals surface area contributed by atoms with E-state index in [4.69, 9.17) is 9.47 Å². The summed E-state index contributed by atoms with van der Waals surface area (Å²) in [5, 5.41) is 4.75. The summed E-state index contributed by atoms with van der Waals surface area (Å²) in [6.45, 7) is 4.51. The van der Waals surface area contributed by atoms with Crippen molar-refractivity contribution < 1.29 is 9.47 Å². The molecule has 0 saturated carbocycles. The Morgan fingerprint density at radius 2 is 1.79 bits per heavy atom. The fourth-order valence-electron chi connectivity index (χ4n) is 5.09. The van der Waals surface area contributed by atoms with E-state index in [0.717, 1.165) is 46.8 Å². The second kappa shape index (κ2) is 9.28. The quantitative estimate of drug-likeness (QED) is 0.384. The highest BCUT2D eigenvalue weighted by Crippen LogP contribution is 2.42. The molecule has 5 rings (SSSR count). The van der Waals surface area contributed by atoms with Crippen LogP contribution in [-0.4, -0.2) is 37.3 Å². The Balaban J connectivity index is 1.65. The molecule has 5 nitrogen and oxygen atoms in total. The Kier molecular flexibility index (Phi) is 6.05. The van der Waals surface area contributed by atoms with Crippen LogP contribution in [0.15, 0.2) is 60.9 Å². The van der Waals surface area contributed by atoms with Crippen LogP contribution in [0.4, 0.5) is 0 Å². The van der Waals surface area contributed by atoms with Gasteiger partial charge in [0.25, 0.3) is 0 Å². The standard InChI is InChI=1S/C28H31N3O2/c1-18(20-6-5-13-29-15-20)27-26(24-7-4-8-25(33-3)28(24)31-27)22-14-21(16-30-17-22)19-9-11-23(32-2)12-10-19/h4,7-12,14,16-18,20,29,31H,5-6,13,15H2,1-3H3. The summed E-state index contributed by atoms with van der Waals surface area (Å²) in [5.41, 5.74) is 6.87. The summed E-state index contributed by atoms with van der Waals surface area (Å²) in [5.74, 6) is 2.70. The van der Waals surface area contributed by atoms with Crippen LogP contribution in [0.2, 0.25) is 0 Å². The number of hydrogen-bond donors (Lipinski definition) is 2. The average Bonchev–Trinajstić information content (AvgIpc) is 3.28. The SMILES string of the molecule is COc1ccc(-c2cncc(-c3c(C(C)C4CCCNC4)[nH]c4c(OC)cccc34)c2)cc1. The second-order valence-electron chi connectivity index (χ2n) is 8.88. The highest BCUT2D eigenvalue weighted by Gasteiger charge is 2.27. The lowest BCUT2D eigenvalue weighted by molar-refractivity contribution is 0.332. The Bertz CT molecular complexity index is 1240. The van der Waals surface area contributed by atoms with Gasteiger partial charge >= 0.3 is 0 Å². The largest absolute Gasteiger partial charge is 0.497 e. The highest BCUT2D eigenvalue weighted by molar-refractivity contribution is 6.01. The zero-order chi connectivity index (χ0) is 22.8. The Labute approximate surface area is 195 Å². The first-order chi connectivity index (χ1) is 16.2. The number of para-hydroxylation sites is 1. The van der Waals surface area contributed by atoms with Crippen LogP contribution in [0.25, 0.3) is 33.2 Å². The third-order valence-corrected chi connectivity index (χ3v) is 6.99. The molecule has 0 amide bonds. The zero-order valence-corrected chi connectivity index (χ0v) is 19.5. The maximum atomic E-state index is 5.70. The first-order valence-corrected chi connectivity index (χ1v) is 11.7. The third kappa shape index (κ3) is 4.09. The van der Waals surface area contributed by atoms with Crippen LogP contribution in [-0.2, 0) is 0 Å². The molecule has 1 saturated heterocycles. The number of methoxy groups -OCH3 is 2. The van der Waals surface area contributed by atoms with Crippen molar-refractivity contribution in [3.8, 4) is 33.8 Å². The lowest BCUT2D eigenvalue weighted by Gasteiger charge is -2.28. The lowest BCUT2D eigenvalue weighted by atomic mass is 9.83. The Hall–Kier alpha value is -3.31. The molecule has 0 radical (unpaired) electrons. The van der Waals surface area contributed by atoms with Crippen LogP contribution in [0.1, 0.15) is 31.4 Å². The monoisotopic (exact) mass is 441 g/mol. The van der Waals surface area contributed by atoms with E-state index in [2.05, 4.69) is 52.5 Å². The van der Waals surface area contributed by atoms with Gasteiger partial charge in [-0.15, -0.1) is 0 Å². The number of ether oxygens (including phenoxy) is 2. The molecule has 0 aliphatic carbocycles. The molecule has 5 heteroatoms. The highest BCUT2D eigenvalue weighted by atomic mass is 16.5. The van der Waals surface area contributed by atoms with Gasteiger partial charge in [-0.25, -0.2) is 0 Å². The first-order valence-electron chi connectivity index (χ1n) is 11.7. The van der Waals surface area contributed by atoms with Crippen LogP contribution < -0.4 is 14.8 Å². The molecule has 0 spiro atoms. The summed E-state index contributed by atoms with van der Waals surface area (Å²) in [7, 11) is 3.42. The number of aromatic amines is 1. The van der Waals surface area contributed by atoms with Gasteiger partial charge in [-0.05, 0) is 61.7 Å². The van der Waals surface area contributed by atoms with Crippen molar-refractivity contribution in [1.29, 1.82) is 0 Å².